The van der Waals surface area contributed by atoms with E-state index in [-0.39, 0.29) is 49.8 Å². The van der Waals surface area contributed by atoms with Gasteiger partial charge in [-0.25, -0.2) is 0 Å². The van der Waals surface area contributed by atoms with Crippen LogP contribution in [0.2, 0.25) is 0 Å². The summed E-state index contributed by atoms with van der Waals surface area (Å²) in [7, 11) is 0. The molecule has 124 valence electrons. The summed E-state index contributed by atoms with van der Waals surface area (Å²) in [6.07, 6.45) is -1.70. The van der Waals surface area contributed by atoms with E-state index in [0.29, 0.717) is 0 Å². The van der Waals surface area contributed by atoms with Crippen LogP contribution in [0.1, 0.15) is 30.9 Å². The van der Waals surface area contributed by atoms with Crippen LogP contribution in [-0.4, -0.2) is 44.7 Å². The van der Waals surface area contributed by atoms with Crippen LogP contribution in [0, 0.1) is 0 Å². The van der Waals surface area contributed by atoms with Gasteiger partial charge in [-0.3, -0.25) is 4.79 Å². The molecule has 1 aromatic rings. The molecule has 2 aliphatic heterocycles. The lowest BCUT2D eigenvalue weighted by Gasteiger charge is -2.32. The summed E-state index contributed by atoms with van der Waals surface area (Å²) in [5, 5.41) is 9.94. The largest absolute Gasteiger partial charge is 0.451 e. The first-order chi connectivity index (χ1) is 9.97. The number of halogens is 4. The van der Waals surface area contributed by atoms with E-state index >= 15 is 0 Å². The number of nitrogens with one attached hydrogen (secondary N) is 1. The SMILES string of the molecule is Cl.O=C([C@H]1CCCCN1)N1CCn2c(nnc2C(F)(F)F)C1. The number of hydrogen-bond acceptors (Lipinski definition) is 4. The average molecular weight is 340 g/mol. The number of alkyl halides is 3. The van der Waals surface area contributed by atoms with Crippen molar-refractivity contribution in [3.63, 3.8) is 0 Å². The predicted molar refractivity (Wildman–Crippen MR) is 73.3 cm³/mol. The summed E-state index contributed by atoms with van der Waals surface area (Å²) < 4.78 is 39.3. The molecule has 22 heavy (non-hydrogen) atoms. The van der Waals surface area contributed by atoms with Crippen LogP contribution in [0.25, 0.3) is 0 Å². The van der Waals surface area contributed by atoms with Gasteiger partial charge in [-0.05, 0) is 19.4 Å². The zero-order valence-corrected chi connectivity index (χ0v) is 12.6. The molecule has 1 saturated heterocycles. The lowest BCUT2D eigenvalue weighted by Crippen LogP contribution is -2.50. The fraction of sp³-hybridized carbons (Fsp3) is 0.750. The second kappa shape index (κ2) is 6.41. The molecule has 3 rings (SSSR count). The molecule has 0 unspecified atom stereocenters. The van der Waals surface area contributed by atoms with Crippen molar-refractivity contribution < 1.29 is 18.0 Å². The Morgan fingerprint density at radius 3 is 2.64 bits per heavy atom. The number of aromatic nitrogens is 3. The second-order valence-corrected chi connectivity index (χ2v) is 5.35. The zero-order chi connectivity index (χ0) is 15.0. The highest BCUT2D eigenvalue weighted by Crippen LogP contribution is 2.29. The van der Waals surface area contributed by atoms with Gasteiger partial charge in [0.05, 0.1) is 12.6 Å². The molecular formula is C12H17ClF3N5O. The maximum atomic E-state index is 12.7. The third-order valence-electron chi connectivity index (χ3n) is 3.93. The van der Waals surface area contributed by atoms with E-state index in [1.54, 1.807) is 4.90 Å². The Labute approximate surface area is 131 Å². The quantitative estimate of drug-likeness (QED) is 0.835. The van der Waals surface area contributed by atoms with Gasteiger partial charge >= 0.3 is 6.18 Å². The van der Waals surface area contributed by atoms with Crippen molar-refractivity contribution in [2.75, 3.05) is 13.1 Å². The van der Waals surface area contributed by atoms with Gasteiger partial charge in [-0.1, -0.05) is 6.42 Å². The topological polar surface area (TPSA) is 63.1 Å². The maximum absolute atomic E-state index is 12.7. The number of nitrogens with zero attached hydrogens (tertiary/aromatic N) is 4. The molecule has 1 fully saturated rings. The summed E-state index contributed by atoms with van der Waals surface area (Å²) in [6, 6.07) is -0.227. The second-order valence-electron chi connectivity index (χ2n) is 5.35. The van der Waals surface area contributed by atoms with Crippen molar-refractivity contribution in [1.29, 1.82) is 0 Å². The van der Waals surface area contributed by atoms with Crippen molar-refractivity contribution in [3.05, 3.63) is 11.6 Å². The molecule has 1 atom stereocenters. The van der Waals surface area contributed by atoms with Gasteiger partial charge in [-0.15, -0.1) is 22.6 Å². The number of fused-ring (bicyclic) bond motifs is 1. The lowest BCUT2D eigenvalue weighted by atomic mass is 10.0. The van der Waals surface area contributed by atoms with E-state index in [0.717, 1.165) is 30.4 Å². The summed E-state index contributed by atoms with van der Waals surface area (Å²) in [5.41, 5.74) is 0. The van der Waals surface area contributed by atoms with Gasteiger partial charge < -0.3 is 14.8 Å². The van der Waals surface area contributed by atoms with Crippen molar-refractivity contribution >= 4 is 18.3 Å². The van der Waals surface area contributed by atoms with Gasteiger partial charge in [-0.2, -0.15) is 13.2 Å². The first-order valence-electron chi connectivity index (χ1n) is 6.98. The minimum Gasteiger partial charge on any atom is -0.332 e. The molecule has 0 spiro atoms. The number of carbonyl (C=O) groups excluding carboxylic acids is 1. The standard InChI is InChI=1S/C12H16F3N5O.ClH/c13-12(14,15)11-18-17-9-7-19(5-6-20(9)11)10(21)8-3-1-2-4-16-8;/h8,16H,1-7H2;1H/t8-;/m1./s1. The third kappa shape index (κ3) is 3.19. The summed E-state index contributed by atoms with van der Waals surface area (Å²) >= 11 is 0. The van der Waals surface area contributed by atoms with Crippen molar-refractivity contribution in [2.24, 2.45) is 0 Å². The number of amides is 1. The fourth-order valence-corrected chi connectivity index (χ4v) is 2.84. The molecule has 6 nitrogen and oxygen atoms in total. The fourth-order valence-electron chi connectivity index (χ4n) is 2.84. The molecule has 3 heterocycles. The van der Waals surface area contributed by atoms with Gasteiger partial charge in [0.25, 0.3) is 0 Å². The monoisotopic (exact) mass is 339 g/mol. The predicted octanol–water partition coefficient (Wildman–Crippen LogP) is 1.20. The van der Waals surface area contributed by atoms with E-state index in [1.165, 1.54) is 0 Å². The van der Waals surface area contributed by atoms with Crippen molar-refractivity contribution in [2.45, 2.75) is 44.6 Å². The first-order valence-corrected chi connectivity index (χ1v) is 6.98. The number of carbonyl (C=O) groups is 1. The van der Waals surface area contributed by atoms with E-state index < -0.39 is 12.0 Å². The van der Waals surface area contributed by atoms with E-state index in [2.05, 4.69) is 15.5 Å². The molecule has 0 aromatic carbocycles. The van der Waals surface area contributed by atoms with Gasteiger partial charge in [0.2, 0.25) is 11.7 Å². The van der Waals surface area contributed by atoms with Gasteiger partial charge in [0.15, 0.2) is 5.82 Å². The minimum atomic E-state index is -4.51. The Bertz CT molecular complexity index is 541. The molecule has 10 heteroatoms. The normalized spacial score (nSPS) is 22.0. The molecule has 0 bridgehead atoms. The summed E-state index contributed by atoms with van der Waals surface area (Å²) in [6.45, 7) is 1.22. The highest BCUT2D eigenvalue weighted by Gasteiger charge is 2.40. The van der Waals surface area contributed by atoms with Crippen LogP contribution in [0.15, 0.2) is 0 Å². The van der Waals surface area contributed by atoms with Crippen molar-refractivity contribution in [3.8, 4) is 0 Å². The molecule has 0 radical (unpaired) electrons. The Kier molecular flexibility index (Phi) is 4.96. The van der Waals surface area contributed by atoms with Crippen LogP contribution in [0.4, 0.5) is 13.2 Å². The minimum absolute atomic E-state index is 0. The lowest BCUT2D eigenvalue weighted by molar-refractivity contribution is -0.148. The average Bonchev–Trinajstić information content (AvgIpc) is 2.90. The molecule has 1 N–H and O–H groups in total. The van der Waals surface area contributed by atoms with Crippen LogP contribution in [0.5, 0.6) is 0 Å². The highest BCUT2D eigenvalue weighted by molar-refractivity contribution is 5.85. The van der Waals surface area contributed by atoms with E-state index in [1.807, 2.05) is 0 Å². The molecular weight excluding hydrogens is 323 g/mol. The van der Waals surface area contributed by atoms with Gasteiger partial charge in [0, 0.05) is 13.1 Å². The molecule has 1 aromatic heterocycles. The maximum Gasteiger partial charge on any atom is 0.451 e. The van der Waals surface area contributed by atoms with Gasteiger partial charge in [0.1, 0.15) is 0 Å². The Hall–Kier alpha value is -1.35. The summed E-state index contributed by atoms with van der Waals surface area (Å²) in [4.78, 5) is 13.9. The van der Waals surface area contributed by atoms with Crippen LogP contribution < -0.4 is 5.32 Å². The number of piperidine rings is 1. The Morgan fingerprint density at radius 2 is 2.00 bits per heavy atom. The molecule has 0 saturated carbocycles. The summed E-state index contributed by atoms with van der Waals surface area (Å²) in [5.74, 6) is -0.851. The molecule has 0 aliphatic carbocycles. The molecule has 1 amide bonds. The van der Waals surface area contributed by atoms with E-state index in [4.69, 9.17) is 0 Å². The number of hydrogen-bond donors (Lipinski definition) is 1. The smallest absolute Gasteiger partial charge is 0.332 e. The van der Waals surface area contributed by atoms with Crippen LogP contribution in [0.3, 0.4) is 0 Å². The first kappa shape index (κ1) is 17.0. The Balaban J connectivity index is 0.00000176. The number of rotatable bonds is 1. The Morgan fingerprint density at radius 1 is 1.23 bits per heavy atom. The van der Waals surface area contributed by atoms with E-state index in [9.17, 15) is 18.0 Å². The zero-order valence-electron chi connectivity index (χ0n) is 11.8. The highest BCUT2D eigenvalue weighted by atomic mass is 35.5. The third-order valence-corrected chi connectivity index (χ3v) is 3.93. The van der Waals surface area contributed by atoms with Crippen LogP contribution >= 0.6 is 12.4 Å². The van der Waals surface area contributed by atoms with Crippen LogP contribution in [-0.2, 0) is 24.1 Å². The molecule has 2 aliphatic rings. The van der Waals surface area contributed by atoms with Crippen molar-refractivity contribution in [1.82, 2.24) is 25.0 Å².